The minimum absolute atomic E-state index is 0.0232. The molecule has 98 valence electrons. The Hall–Kier alpha value is -1.72. The van der Waals surface area contributed by atoms with E-state index in [0.717, 1.165) is 6.07 Å². The summed E-state index contributed by atoms with van der Waals surface area (Å²) in [5.41, 5.74) is -1.73. The molecule has 0 unspecified atom stereocenters. The van der Waals surface area contributed by atoms with E-state index in [2.05, 4.69) is 5.32 Å². The third-order valence-electron chi connectivity index (χ3n) is 3.16. The van der Waals surface area contributed by atoms with Crippen LogP contribution < -0.4 is 5.32 Å². The van der Waals surface area contributed by atoms with Gasteiger partial charge in [0.05, 0.1) is 11.0 Å². The summed E-state index contributed by atoms with van der Waals surface area (Å²) in [4.78, 5) is 10.9. The number of carboxylic acid groups (broad SMARTS) is 1. The fourth-order valence-corrected chi connectivity index (χ4v) is 1.77. The maximum absolute atomic E-state index is 12.7. The number of hydrogen-bond donors (Lipinski definition) is 2. The first-order chi connectivity index (χ1) is 8.35. The van der Waals surface area contributed by atoms with E-state index in [1.165, 1.54) is 18.2 Å². The number of carboxylic acids is 1. The maximum atomic E-state index is 12.7. The minimum Gasteiger partial charge on any atom is -0.481 e. The smallest absolute Gasteiger partial charge is 0.418 e. The van der Waals surface area contributed by atoms with E-state index in [9.17, 15) is 18.0 Å². The lowest BCUT2D eigenvalue weighted by molar-refractivity contribution is -0.142. The van der Waals surface area contributed by atoms with E-state index >= 15 is 0 Å². The average molecular weight is 259 g/mol. The highest BCUT2D eigenvalue weighted by molar-refractivity contribution is 5.78. The Kier molecular flexibility index (Phi) is 2.96. The van der Waals surface area contributed by atoms with Crippen LogP contribution in [0.2, 0.25) is 0 Å². The van der Waals surface area contributed by atoms with Crippen LogP contribution >= 0.6 is 0 Å². The highest BCUT2D eigenvalue weighted by Crippen LogP contribution is 2.46. The number of halogens is 3. The van der Waals surface area contributed by atoms with Crippen LogP contribution in [0.25, 0.3) is 0 Å². The van der Waals surface area contributed by atoms with Crippen molar-refractivity contribution in [2.45, 2.75) is 19.0 Å². The van der Waals surface area contributed by atoms with Gasteiger partial charge in [0, 0.05) is 12.2 Å². The van der Waals surface area contributed by atoms with Crippen LogP contribution in [0.15, 0.2) is 24.3 Å². The van der Waals surface area contributed by atoms with E-state index in [4.69, 9.17) is 5.11 Å². The molecule has 0 atom stereocenters. The summed E-state index contributed by atoms with van der Waals surface area (Å²) in [5, 5.41) is 11.6. The molecule has 0 bridgehead atoms. The molecule has 18 heavy (non-hydrogen) atoms. The van der Waals surface area contributed by atoms with Crippen molar-refractivity contribution >= 4 is 11.7 Å². The number of aliphatic carboxylic acids is 1. The molecule has 1 aromatic rings. The van der Waals surface area contributed by atoms with Crippen molar-refractivity contribution in [1.29, 1.82) is 0 Å². The second-order valence-electron chi connectivity index (χ2n) is 4.48. The molecule has 1 aliphatic rings. The van der Waals surface area contributed by atoms with Crippen LogP contribution in [0, 0.1) is 5.41 Å². The number of benzene rings is 1. The van der Waals surface area contributed by atoms with Gasteiger partial charge in [-0.3, -0.25) is 4.79 Å². The monoisotopic (exact) mass is 259 g/mol. The largest absolute Gasteiger partial charge is 0.481 e. The fourth-order valence-electron chi connectivity index (χ4n) is 1.77. The van der Waals surface area contributed by atoms with Gasteiger partial charge in [-0.25, -0.2) is 0 Å². The molecule has 0 spiro atoms. The van der Waals surface area contributed by atoms with Crippen molar-refractivity contribution in [3.05, 3.63) is 29.8 Å². The third-order valence-corrected chi connectivity index (χ3v) is 3.16. The maximum Gasteiger partial charge on any atom is 0.418 e. The number of hydrogen-bond acceptors (Lipinski definition) is 2. The lowest BCUT2D eigenvalue weighted by Gasteiger charge is -2.16. The van der Waals surface area contributed by atoms with E-state index in [-0.39, 0.29) is 12.2 Å². The van der Waals surface area contributed by atoms with Crippen molar-refractivity contribution in [1.82, 2.24) is 0 Å². The Balaban J connectivity index is 2.13. The first-order valence-corrected chi connectivity index (χ1v) is 5.49. The first-order valence-electron chi connectivity index (χ1n) is 5.49. The molecule has 0 aliphatic heterocycles. The predicted molar refractivity (Wildman–Crippen MR) is 59.2 cm³/mol. The fraction of sp³-hybridized carbons (Fsp3) is 0.417. The summed E-state index contributed by atoms with van der Waals surface area (Å²) in [5.74, 6) is -0.959. The van der Waals surface area contributed by atoms with Crippen molar-refractivity contribution < 1.29 is 23.1 Å². The molecule has 3 nitrogen and oxygen atoms in total. The highest BCUT2D eigenvalue weighted by Gasteiger charge is 2.50. The van der Waals surface area contributed by atoms with Gasteiger partial charge in [-0.05, 0) is 25.0 Å². The third kappa shape index (κ3) is 2.42. The van der Waals surface area contributed by atoms with Gasteiger partial charge >= 0.3 is 12.1 Å². The highest BCUT2D eigenvalue weighted by atomic mass is 19.4. The normalized spacial score (nSPS) is 17.3. The van der Waals surface area contributed by atoms with E-state index < -0.39 is 23.1 Å². The number of para-hydroxylation sites is 1. The van der Waals surface area contributed by atoms with Crippen molar-refractivity contribution in [2.24, 2.45) is 5.41 Å². The molecule has 1 saturated carbocycles. The summed E-state index contributed by atoms with van der Waals surface area (Å²) < 4.78 is 38.1. The lowest BCUT2D eigenvalue weighted by atomic mass is 10.1. The van der Waals surface area contributed by atoms with Crippen LogP contribution in [0.3, 0.4) is 0 Å². The van der Waals surface area contributed by atoms with Gasteiger partial charge < -0.3 is 10.4 Å². The van der Waals surface area contributed by atoms with Crippen LogP contribution in [0.1, 0.15) is 18.4 Å². The molecule has 0 radical (unpaired) electrons. The standard InChI is InChI=1S/C12H12F3NO2/c13-12(14,15)8-3-1-2-4-9(8)16-7-11(5-6-11)10(17)18/h1-4,16H,5-7H2,(H,17,18). The topological polar surface area (TPSA) is 49.3 Å². The van der Waals surface area contributed by atoms with Crippen LogP contribution in [-0.2, 0) is 11.0 Å². The Morgan fingerprint density at radius 1 is 1.33 bits per heavy atom. The zero-order valence-electron chi connectivity index (χ0n) is 9.42. The SMILES string of the molecule is O=C(O)C1(CNc2ccccc2C(F)(F)F)CC1. The molecule has 0 heterocycles. The molecule has 1 fully saturated rings. The Bertz CT molecular complexity index is 467. The molecule has 1 aromatic carbocycles. The summed E-state index contributed by atoms with van der Waals surface area (Å²) in [6, 6.07) is 5.07. The second-order valence-corrected chi connectivity index (χ2v) is 4.48. The van der Waals surface area contributed by atoms with E-state index in [0.29, 0.717) is 12.8 Å². The van der Waals surface area contributed by atoms with Gasteiger partial charge in [-0.1, -0.05) is 12.1 Å². The number of alkyl halides is 3. The van der Waals surface area contributed by atoms with Gasteiger partial charge in [0.25, 0.3) is 0 Å². The number of nitrogens with one attached hydrogen (secondary N) is 1. The van der Waals surface area contributed by atoms with Crippen LogP contribution in [0.5, 0.6) is 0 Å². The van der Waals surface area contributed by atoms with Gasteiger partial charge in [0.15, 0.2) is 0 Å². The minimum atomic E-state index is -4.44. The molecular formula is C12H12F3NO2. The molecule has 0 aromatic heterocycles. The summed E-state index contributed by atoms with van der Waals surface area (Å²) in [6.07, 6.45) is -3.43. The zero-order chi connectivity index (χ0) is 13.4. The molecule has 2 N–H and O–H groups in total. The Labute approximate surface area is 102 Å². The lowest BCUT2D eigenvalue weighted by Crippen LogP contribution is -2.25. The number of rotatable bonds is 4. The Morgan fingerprint density at radius 2 is 1.94 bits per heavy atom. The molecule has 0 amide bonds. The summed E-state index contributed by atoms with van der Waals surface area (Å²) in [7, 11) is 0. The molecule has 0 saturated heterocycles. The van der Waals surface area contributed by atoms with Gasteiger partial charge in [-0.2, -0.15) is 13.2 Å². The predicted octanol–water partition coefficient (Wildman–Crippen LogP) is 2.98. The van der Waals surface area contributed by atoms with Crippen LogP contribution in [0.4, 0.5) is 18.9 Å². The number of carbonyl (C=O) groups is 1. The van der Waals surface area contributed by atoms with Crippen molar-refractivity contribution in [3.8, 4) is 0 Å². The number of anilines is 1. The second kappa shape index (κ2) is 4.19. The van der Waals surface area contributed by atoms with Gasteiger partial charge in [-0.15, -0.1) is 0 Å². The van der Waals surface area contributed by atoms with E-state index in [1.807, 2.05) is 0 Å². The molecular weight excluding hydrogens is 247 g/mol. The zero-order valence-corrected chi connectivity index (χ0v) is 9.42. The molecule has 6 heteroatoms. The average Bonchev–Trinajstić information content (AvgIpc) is 3.06. The first kappa shape index (κ1) is 12.7. The van der Waals surface area contributed by atoms with Crippen molar-refractivity contribution in [2.75, 3.05) is 11.9 Å². The summed E-state index contributed by atoms with van der Waals surface area (Å²) in [6.45, 7) is 0.0232. The van der Waals surface area contributed by atoms with Crippen LogP contribution in [-0.4, -0.2) is 17.6 Å². The molecule has 2 rings (SSSR count). The van der Waals surface area contributed by atoms with E-state index in [1.54, 1.807) is 0 Å². The molecule has 1 aliphatic carbocycles. The Morgan fingerprint density at radius 3 is 2.44 bits per heavy atom. The van der Waals surface area contributed by atoms with Gasteiger partial charge in [0.1, 0.15) is 0 Å². The van der Waals surface area contributed by atoms with Gasteiger partial charge in [0.2, 0.25) is 0 Å². The van der Waals surface area contributed by atoms with Crippen molar-refractivity contribution in [3.63, 3.8) is 0 Å². The quantitative estimate of drug-likeness (QED) is 0.873. The summed E-state index contributed by atoms with van der Waals surface area (Å²) >= 11 is 0.